The van der Waals surface area contributed by atoms with Gasteiger partial charge in [-0.05, 0) is 74.0 Å². The number of rotatable bonds is 8. The molecular formula is C23H28FN5. The molecule has 3 aromatic rings. The fourth-order valence-electron chi connectivity index (χ4n) is 4.46. The summed E-state index contributed by atoms with van der Waals surface area (Å²) in [6.45, 7) is 1.67. The van der Waals surface area contributed by atoms with Gasteiger partial charge in [0.2, 0.25) is 0 Å². The van der Waals surface area contributed by atoms with Crippen LogP contribution in [0.4, 0.5) is 4.39 Å². The molecule has 0 aliphatic heterocycles. The Bertz CT molecular complexity index is 894. The number of hydrogen-bond donors (Lipinski definition) is 3. The van der Waals surface area contributed by atoms with Gasteiger partial charge >= 0.3 is 0 Å². The molecule has 1 aliphatic carbocycles. The molecule has 152 valence electrons. The average molecular weight is 394 g/mol. The van der Waals surface area contributed by atoms with Gasteiger partial charge in [-0.3, -0.25) is 4.98 Å². The average Bonchev–Trinajstić information content (AvgIpc) is 3.28. The molecule has 6 heteroatoms. The summed E-state index contributed by atoms with van der Waals surface area (Å²) in [5, 5.41) is 3.66. The van der Waals surface area contributed by atoms with Gasteiger partial charge in [0, 0.05) is 30.6 Å². The first-order valence-corrected chi connectivity index (χ1v) is 10.4. The lowest BCUT2D eigenvalue weighted by Crippen LogP contribution is -2.30. The second kappa shape index (κ2) is 9.29. The Kier molecular flexibility index (Phi) is 6.32. The molecule has 0 amide bonds. The van der Waals surface area contributed by atoms with Gasteiger partial charge in [0.25, 0.3) is 0 Å². The largest absolute Gasteiger partial charge is 0.348 e. The van der Waals surface area contributed by atoms with Crippen molar-refractivity contribution < 1.29 is 4.39 Å². The topological polar surface area (TPSA) is 79.6 Å². The number of nitrogens with zero attached hydrogens (tertiary/aromatic N) is 2. The third-order valence-corrected chi connectivity index (χ3v) is 5.83. The molecule has 0 saturated heterocycles. The molecule has 4 rings (SSSR count). The molecule has 0 saturated carbocycles. The van der Waals surface area contributed by atoms with Gasteiger partial charge in [0.1, 0.15) is 11.6 Å². The standard InChI is InChI=1S/C23H28FN5/c24-17-7-5-16(6-8-17)21(23-28-14-15-29-23)18-9-10-20(26-12-2-1-11-25)22-19(18)4-3-13-27-22/h3-8,13-15,18,20-21,26H,1-2,9-12,25H2,(H,28,29). The van der Waals surface area contributed by atoms with Crippen LogP contribution in [0.3, 0.4) is 0 Å². The number of nitrogens with one attached hydrogen (secondary N) is 2. The Morgan fingerprint density at radius 1 is 1.10 bits per heavy atom. The number of unbranched alkanes of at least 4 members (excludes halogenated alkanes) is 1. The first-order valence-electron chi connectivity index (χ1n) is 10.4. The summed E-state index contributed by atoms with van der Waals surface area (Å²) in [5.41, 5.74) is 9.05. The first kappa shape index (κ1) is 19.7. The van der Waals surface area contributed by atoms with E-state index >= 15 is 0 Å². The van der Waals surface area contributed by atoms with E-state index in [0.717, 1.165) is 55.9 Å². The molecule has 3 atom stereocenters. The molecule has 1 aromatic carbocycles. The summed E-state index contributed by atoms with van der Waals surface area (Å²) in [5.74, 6) is 0.953. The van der Waals surface area contributed by atoms with Gasteiger partial charge in [0.15, 0.2) is 0 Å². The van der Waals surface area contributed by atoms with Crippen LogP contribution >= 0.6 is 0 Å². The fraction of sp³-hybridized carbons (Fsp3) is 0.391. The van der Waals surface area contributed by atoms with Gasteiger partial charge in [-0.25, -0.2) is 9.37 Å². The molecule has 4 N–H and O–H groups in total. The lowest BCUT2D eigenvalue weighted by atomic mass is 9.73. The van der Waals surface area contributed by atoms with Crippen LogP contribution in [0.5, 0.6) is 0 Å². The van der Waals surface area contributed by atoms with E-state index in [-0.39, 0.29) is 23.7 Å². The number of H-pyrrole nitrogens is 1. The van der Waals surface area contributed by atoms with Gasteiger partial charge < -0.3 is 16.0 Å². The number of pyridine rings is 1. The summed E-state index contributed by atoms with van der Waals surface area (Å²) in [7, 11) is 0. The van der Waals surface area contributed by atoms with E-state index in [1.54, 1.807) is 6.20 Å². The van der Waals surface area contributed by atoms with Crippen LogP contribution in [0.15, 0.2) is 55.0 Å². The van der Waals surface area contributed by atoms with E-state index in [2.05, 4.69) is 21.4 Å². The van der Waals surface area contributed by atoms with Crippen LogP contribution in [0.25, 0.3) is 0 Å². The summed E-state index contributed by atoms with van der Waals surface area (Å²) in [6, 6.07) is 11.2. The van der Waals surface area contributed by atoms with Crippen molar-refractivity contribution in [2.45, 2.75) is 43.6 Å². The molecular weight excluding hydrogens is 365 g/mol. The minimum Gasteiger partial charge on any atom is -0.348 e. The summed E-state index contributed by atoms with van der Waals surface area (Å²) in [4.78, 5) is 12.6. The Hall–Kier alpha value is -2.57. The van der Waals surface area contributed by atoms with E-state index in [1.165, 1.54) is 17.7 Å². The Morgan fingerprint density at radius 2 is 1.97 bits per heavy atom. The molecule has 29 heavy (non-hydrogen) atoms. The molecule has 1 aliphatic rings. The number of hydrogen-bond acceptors (Lipinski definition) is 4. The van der Waals surface area contributed by atoms with E-state index in [1.807, 2.05) is 30.6 Å². The molecule has 0 fully saturated rings. The van der Waals surface area contributed by atoms with Crippen molar-refractivity contribution in [3.05, 3.63) is 83.5 Å². The van der Waals surface area contributed by atoms with Crippen molar-refractivity contribution in [3.63, 3.8) is 0 Å². The van der Waals surface area contributed by atoms with Gasteiger partial charge in [-0.1, -0.05) is 18.2 Å². The van der Waals surface area contributed by atoms with Crippen molar-refractivity contribution in [2.24, 2.45) is 5.73 Å². The molecule has 0 bridgehead atoms. The van der Waals surface area contributed by atoms with Gasteiger partial charge in [-0.2, -0.15) is 0 Å². The van der Waals surface area contributed by atoms with E-state index in [9.17, 15) is 4.39 Å². The molecule has 5 nitrogen and oxygen atoms in total. The second-order valence-corrected chi connectivity index (χ2v) is 7.67. The number of imidazole rings is 1. The van der Waals surface area contributed by atoms with Crippen LogP contribution in [-0.4, -0.2) is 28.0 Å². The normalized spacial score (nSPS) is 19.7. The van der Waals surface area contributed by atoms with Crippen molar-refractivity contribution >= 4 is 0 Å². The van der Waals surface area contributed by atoms with E-state index < -0.39 is 0 Å². The van der Waals surface area contributed by atoms with Crippen LogP contribution in [-0.2, 0) is 0 Å². The number of fused-ring (bicyclic) bond motifs is 1. The van der Waals surface area contributed by atoms with Crippen LogP contribution in [0.1, 0.15) is 66.2 Å². The maximum Gasteiger partial charge on any atom is 0.123 e. The third kappa shape index (κ3) is 4.38. The molecule has 2 aromatic heterocycles. The smallest absolute Gasteiger partial charge is 0.123 e. The number of aromatic amines is 1. The van der Waals surface area contributed by atoms with E-state index in [0.29, 0.717) is 0 Å². The predicted molar refractivity (Wildman–Crippen MR) is 112 cm³/mol. The Morgan fingerprint density at radius 3 is 2.72 bits per heavy atom. The highest BCUT2D eigenvalue weighted by Crippen LogP contribution is 2.46. The Labute approximate surface area is 171 Å². The first-order chi connectivity index (χ1) is 14.3. The predicted octanol–water partition coefficient (Wildman–Crippen LogP) is 4.02. The second-order valence-electron chi connectivity index (χ2n) is 7.67. The number of nitrogens with two attached hydrogens (primary N) is 1. The highest BCUT2D eigenvalue weighted by Gasteiger charge is 2.35. The highest BCUT2D eigenvalue weighted by atomic mass is 19.1. The monoisotopic (exact) mass is 393 g/mol. The maximum atomic E-state index is 13.5. The minimum absolute atomic E-state index is 0.0340. The van der Waals surface area contributed by atoms with Crippen LogP contribution in [0.2, 0.25) is 0 Å². The SMILES string of the molecule is NCCCCNC1CCC(C(c2ccc(F)cc2)c2ncc[nH]2)c2cccnc21. The quantitative estimate of drug-likeness (QED) is 0.505. The zero-order chi connectivity index (χ0) is 20.1. The van der Waals surface area contributed by atoms with Crippen LogP contribution < -0.4 is 11.1 Å². The number of benzene rings is 1. The molecule has 0 radical (unpaired) electrons. The molecule has 3 unspecified atom stereocenters. The zero-order valence-electron chi connectivity index (χ0n) is 16.5. The summed E-state index contributed by atoms with van der Waals surface area (Å²) in [6.07, 6.45) is 9.62. The van der Waals surface area contributed by atoms with Crippen molar-refractivity contribution in [1.82, 2.24) is 20.3 Å². The fourth-order valence-corrected chi connectivity index (χ4v) is 4.46. The maximum absolute atomic E-state index is 13.5. The van der Waals surface area contributed by atoms with Crippen molar-refractivity contribution in [1.29, 1.82) is 0 Å². The lowest BCUT2D eigenvalue weighted by Gasteiger charge is -2.35. The molecule has 0 spiro atoms. The Balaban J connectivity index is 1.65. The van der Waals surface area contributed by atoms with Crippen molar-refractivity contribution in [2.75, 3.05) is 13.1 Å². The zero-order valence-corrected chi connectivity index (χ0v) is 16.5. The number of aromatic nitrogens is 3. The summed E-state index contributed by atoms with van der Waals surface area (Å²) < 4.78 is 13.5. The lowest BCUT2D eigenvalue weighted by molar-refractivity contribution is 0.389. The minimum atomic E-state index is -0.223. The summed E-state index contributed by atoms with van der Waals surface area (Å²) >= 11 is 0. The van der Waals surface area contributed by atoms with Crippen LogP contribution in [0, 0.1) is 5.82 Å². The highest BCUT2D eigenvalue weighted by molar-refractivity contribution is 5.38. The third-order valence-electron chi connectivity index (χ3n) is 5.83. The van der Waals surface area contributed by atoms with E-state index in [4.69, 9.17) is 10.7 Å². The van der Waals surface area contributed by atoms with Crippen molar-refractivity contribution in [3.8, 4) is 0 Å². The van der Waals surface area contributed by atoms with Gasteiger partial charge in [-0.15, -0.1) is 0 Å². The number of halogens is 1. The molecule has 2 heterocycles. The van der Waals surface area contributed by atoms with Gasteiger partial charge in [0.05, 0.1) is 5.69 Å².